The third kappa shape index (κ3) is 1.92. The van der Waals surface area contributed by atoms with Gasteiger partial charge < -0.3 is 4.48 Å². The highest BCUT2D eigenvalue weighted by molar-refractivity contribution is 5.27. The van der Waals surface area contributed by atoms with Crippen molar-refractivity contribution in [2.75, 3.05) is 20.6 Å². The Balaban J connectivity index is 2.34. The number of benzene rings is 1. The summed E-state index contributed by atoms with van der Waals surface area (Å²) in [6, 6.07) is 8.87. The quantitative estimate of drug-likeness (QED) is 0.532. The van der Waals surface area contributed by atoms with Gasteiger partial charge in [-0.05, 0) is 12.0 Å². The molecule has 2 rings (SSSR count). The van der Waals surface area contributed by atoms with E-state index in [9.17, 15) is 0 Å². The van der Waals surface area contributed by atoms with Crippen molar-refractivity contribution < 1.29 is 4.48 Å². The summed E-state index contributed by atoms with van der Waals surface area (Å²) in [5.74, 6) is 0. The van der Waals surface area contributed by atoms with E-state index in [-0.39, 0.29) is 0 Å². The van der Waals surface area contributed by atoms with Crippen molar-refractivity contribution in [3.63, 3.8) is 0 Å². The van der Waals surface area contributed by atoms with Crippen molar-refractivity contribution in [1.82, 2.24) is 0 Å². The molecule has 1 aliphatic heterocycles. The van der Waals surface area contributed by atoms with E-state index in [0.717, 1.165) is 4.48 Å². The molecule has 0 saturated heterocycles. The van der Waals surface area contributed by atoms with Crippen molar-refractivity contribution in [2.24, 2.45) is 0 Å². The second-order valence-electron chi connectivity index (χ2n) is 4.69. The summed E-state index contributed by atoms with van der Waals surface area (Å²) < 4.78 is 1.14. The Bertz CT molecular complexity index is 302. The van der Waals surface area contributed by atoms with Crippen molar-refractivity contribution in [2.45, 2.75) is 19.4 Å². The second kappa shape index (κ2) is 3.15. The molecule has 1 heteroatoms. The minimum Gasteiger partial charge on any atom is -0.325 e. The zero-order chi connectivity index (χ0) is 9.31. The van der Waals surface area contributed by atoms with Gasteiger partial charge in [-0.15, -0.1) is 0 Å². The lowest BCUT2D eigenvalue weighted by molar-refractivity contribution is -0.903. The van der Waals surface area contributed by atoms with Crippen LogP contribution in [0.2, 0.25) is 0 Å². The number of fused-ring (bicyclic) bond motifs is 1. The van der Waals surface area contributed by atoms with Gasteiger partial charge in [0.2, 0.25) is 0 Å². The summed E-state index contributed by atoms with van der Waals surface area (Å²) in [5.41, 5.74) is 3.11. The molecule has 0 amide bonds. The molecule has 0 atom stereocenters. The van der Waals surface area contributed by atoms with Crippen LogP contribution in [-0.2, 0) is 13.0 Å². The first-order chi connectivity index (χ1) is 6.17. The van der Waals surface area contributed by atoms with Gasteiger partial charge >= 0.3 is 0 Å². The zero-order valence-corrected chi connectivity index (χ0v) is 8.59. The average molecular weight is 176 g/mol. The molecule has 0 saturated carbocycles. The van der Waals surface area contributed by atoms with Gasteiger partial charge in [-0.3, -0.25) is 0 Å². The van der Waals surface area contributed by atoms with Gasteiger partial charge in [-0.25, -0.2) is 0 Å². The lowest BCUT2D eigenvalue weighted by atomic mass is 10.0. The maximum atomic E-state index is 2.32. The Morgan fingerprint density at radius 2 is 1.77 bits per heavy atom. The second-order valence-corrected chi connectivity index (χ2v) is 4.69. The van der Waals surface area contributed by atoms with Crippen LogP contribution in [-0.4, -0.2) is 25.1 Å². The van der Waals surface area contributed by atoms with Crippen LogP contribution < -0.4 is 0 Å². The van der Waals surface area contributed by atoms with Crippen LogP contribution in [0.1, 0.15) is 17.5 Å². The third-order valence-electron chi connectivity index (χ3n) is 2.93. The number of aryl methyl sites for hydroxylation is 1. The molecule has 0 unspecified atom stereocenters. The van der Waals surface area contributed by atoms with Crippen LogP contribution in [0.25, 0.3) is 0 Å². The molecule has 1 aromatic rings. The summed E-state index contributed by atoms with van der Waals surface area (Å²) in [5, 5.41) is 0. The zero-order valence-electron chi connectivity index (χ0n) is 8.59. The van der Waals surface area contributed by atoms with E-state index in [1.807, 2.05) is 0 Å². The molecule has 70 valence electrons. The molecule has 0 radical (unpaired) electrons. The first kappa shape index (κ1) is 8.76. The summed E-state index contributed by atoms with van der Waals surface area (Å²) in [4.78, 5) is 0. The predicted octanol–water partition coefficient (Wildman–Crippen LogP) is 2.21. The van der Waals surface area contributed by atoms with Gasteiger partial charge in [0.1, 0.15) is 6.54 Å². The molecule has 0 spiro atoms. The Hall–Kier alpha value is -0.820. The normalized spacial score (nSPS) is 20.5. The molecule has 0 bridgehead atoms. The molecule has 1 aliphatic rings. The molecule has 13 heavy (non-hydrogen) atoms. The van der Waals surface area contributed by atoms with Gasteiger partial charge in [0.05, 0.1) is 20.6 Å². The van der Waals surface area contributed by atoms with Crippen LogP contribution in [0, 0.1) is 0 Å². The molecule has 1 heterocycles. The van der Waals surface area contributed by atoms with Crippen LogP contribution in [0.15, 0.2) is 24.3 Å². The van der Waals surface area contributed by atoms with Crippen LogP contribution in [0.5, 0.6) is 0 Å². The number of rotatable bonds is 0. The fourth-order valence-electron chi connectivity index (χ4n) is 2.19. The predicted molar refractivity (Wildman–Crippen MR) is 55.4 cm³/mol. The van der Waals surface area contributed by atoms with Gasteiger partial charge in [0.25, 0.3) is 0 Å². The number of hydrogen-bond acceptors (Lipinski definition) is 0. The standard InChI is InChI=1S/C12H18N/c1-13(2)9-5-8-11-6-3-4-7-12(11)10-13/h3-4,6-7H,5,8-10H2,1-2H3/q+1. The maximum Gasteiger partial charge on any atom is 0.104 e. The molecule has 1 nitrogen and oxygen atoms in total. The van der Waals surface area contributed by atoms with E-state index in [1.54, 1.807) is 11.1 Å². The van der Waals surface area contributed by atoms with Gasteiger partial charge in [-0.2, -0.15) is 0 Å². The van der Waals surface area contributed by atoms with Crippen molar-refractivity contribution in [3.05, 3.63) is 35.4 Å². The first-order valence-electron chi connectivity index (χ1n) is 5.06. The Kier molecular flexibility index (Phi) is 2.12. The van der Waals surface area contributed by atoms with Gasteiger partial charge in [-0.1, -0.05) is 24.3 Å². The average Bonchev–Trinajstić information content (AvgIpc) is 2.21. The largest absolute Gasteiger partial charge is 0.325 e. The Morgan fingerprint density at radius 3 is 2.54 bits per heavy atom. The Labute approximate surface area is 80.6 Å². The van der Waals surface area contributed by atoms with Crippen molar-refractivity contribution in [1.29, 1.82) is 0 Å². The SMILES string of the molecule is C[N+]1(C)CCCc2ccccc2C1. The summed E-state index contributed by atoms with van der Waals surface area (Å²) >= 11 is 0. The first-order valence-corrected chi connectivity index (χ1v) is 5.06. The highest BCUT2D eigenvalue weighted by Crippen LogP contribution is 2.20. The van der Waals surface area contributed by atoms with Crippen LogP contribution >= 0.6 is 0 Å². The third-order valence-corrected chi connectivity index (χ3v) is 2.93. The van der Waals surface area contributed by atoms with E-state index in [4.69, 9.17) is 0 Å². The van der Waals surface area contributed by atoms with Crippen molar-refractivity contribution in [3.8, 4) is 0 Å². The Morgan fingerprint density at radius 1 is 1.08 bits per heavy atom. The van der Waals surface area contributed by atoms with Gasteiger partial charge in [0, 0.05) is 12.0 Å². The molecule has 1 aromatic carbocycles. The fourth-order valence-corrected chi connectivity index (χ4v) is 2.19. The summed E-state index contributed by atoms with van der Waals surface area (Å²) in [7, 11) is 4.64. The van der Waals surface area contributed by atoms with Crippen LogP contribution in [0.4, 0.5) is 0 Å². The smallest absolute Gasteiger partial charge is 0.104 e. The molecular weight excluding hydrogens is 158 g/mol. The summed E-state index contributed by atoms with van der Waals surface area (Å²) in [6.07, 6.45) is 2.59. The highest BCUT2D eigenvalue weighted by atomic mass is 15.3. The maximum absolute atomic E-state index is 2.32. The lowest BCUT2D eigenvalue weighted by Crippen LogP contribution is -2.38. The van der Waals surface area contributed by atoms with E-state index >= 15 is 0 Å². The van der Waals surface area contributed by atoms with E-state index < -0.39 is 0 Å². The fraction of sp³-hybridized carbons (Fsp3) is 0.500. The molecule has 0 aliphatic carbocycles. The minimum atomic E-state index is 1.14. The van der Waals surface area contributed by atoms with E-state index in [0.29, 0.717) is 0 Å². The lowest BCUT2D eigenvalue weighted by Gasteiger charge is -2.28. The molecule has 0 aromatic heterocycles. The van der Waals surface area contributed by atoms with Crippen LogP contribution in [0.3, 0.4) is 0 Å². The molecule has 0 fully saturated rings. The van der Waals surface area contributed by atoms with E-state index in [2.05, 4.69) is 38.4 Å². The number of quaternary nitrogens is 1. The highest BCUT2D eigenvalue weighted by Gasteiger charge is 2.20. The number of hydrogen-bond donors (Lipinski definition) is 0. The van der Waals surface area contributed by atoms with Crippen molar-refractivity contribution >= 4 is 0 Å². The topological polar surface area (TPSA) is 0 Å². The monoisotopic (exact) mass is 176 g/mol. The van der Waals surface area contributed by atoms with E-state index in [1.165, 1.54) is 25.9 Å². The summed E-state index contributed by atoms with van der Waals surface area (Å²) in [6.45, 7) is 2.49. The number of nitrogens with zero attached hydrogens (tertiary/aromatic N) is 1. The van der Waals surface area contributed by atoms with Gasteiger partial charge in [0.15, 0.2) is 0 Å². The molecule has 0 N–H and O–H groups in total. The molecular formula is C12H18N+. The minimum absolute atomic E-state index is 1.14.